The van der Waals surface area contributed by atoms with Crippen LogP contribution in [-0.4, -0.2) is 71.8 Å². The lowest BCUT2D eigenvalue weighted by atomic mass is 9.44. The van der Waals surface area contributed by atoms with E-state index in [1.165, 1.54) is 19.1 Å². The number of halogens is 2. The molecular formula is C32H44F2O9. The van der Waals surface area contributed by atoms with E-state index in [-0.39, 0.29) is 31.4 Å². The van der Waals surface area contributed by atoms with Gasteiger partial charge in [0.05, 0.1) is 18.8 Å². The molecule has 0 aromatic heterocycles. The van der Waals surface area contributed by atoms with Crippen molar-refractivity contribution in [3.05, 3.63) is 23.8 Å². The Morgan fingerprint density at radius 1 is 1.09 bits per heavy atom. The van der Waals surface area contributed by atoms with Crippen LogP contribution >= 0.6 is 0 Å². The molecule has 9 nitrogen and oxygen atoms in total. The third kappa shape index (κ3) is 5.19. The fourth-order valence-electron chi connectivity index (χ4n) is 8.52. The van der Waals surface area contributed by atoms with Gasteiger partial charge in [-0.2, -0.15) is 0 Å². The second-order valence-electron chi connectivity index (χ2n) is 13.3. The van der Waals surface area contributed by atoms with Gasteiger partial charge < -0.3 is 24.1 Å². The van der Waals surface area contributed by atoms with E-state index >= 15 is 8.78 Å². The van der Waals surface area contributed by atoms with E-state index in [0.29, 0.717) is 6.42 Å². The Hall–Kier alpha value is -2.82. The van der Waals surface area contributed by atoms with Crippen molar-refractivity contribution in [2.24, 2.45) is 28.6 Å². The predicted octanol–water partition coefficient (Wildman–Crippen LogP) is 5.76. The Labute approximate surface area is 251 Å². The Morgan fingerprint density at radius 2 is 1.79 bits per heavy atom. The zero-order valence-electron chi connectivity index (χ0n) is 25.8. The number of unbranched alkanes of at least 4 members (excludes halogenated alkanes) is 2. The van der Waals surface area contributed by atoms with Gasteiger partial charge in [0.25, 0.3) is 0 Å². The van der Waals surface area contributed by atoms with Gasteiger partial charge in [0.1, 0.15) is 6.17 Å². The quantitative estimate of drug-likeness (QED) is 0.256. The molecule has 4 aliphatic rings. The SMILES string of the molecule is CCCCCOC(=O)O[C@]1(C(=O)COC(=O)OC(C)C)[C@H](C)C[C@H]2[C@@H]3C[C@H](F)C4=CC(=O)C=C[C@]4(C)[C@@]3(F)[C@@H](O)C[C@@]21C. The number of Topliss-reactive ketones (excluding diaryl/α,β-unsaturated/α-hetero) is 1. The molecule has 0 heterocycles. The van der Waals surface area contributed by atoms with E-state index in [9.17, 15) is 24.3 Å². The molecule has 43 heavy (non-hydrogen) atoms. The molecule has 3 fully saturated rings. The van der Waals surface area contributed by atoms with Crippen LogP contribution in [0.15, 0.2) is 23.8 Å². The molecule has 4 rings (SSSR count). The lowest BCUT2D eigenvalue weighted by Crippen LogP contribution is -2.71. The summed E-state index contributed by atoms with van der Waals surface area (Å²) in [6.07, 6.45) is -0.637. The number of hydrogen-bond donors (Lipinski definition) is 1. The number of carbonyl (C=O) groups is 4. The molecule has 0 saturated heterocycles. The third-order valence-corrected chi connectivity index (χ3v) is 10.4. The molecule has 240 valence electrons. The minimum Gasteiger partial charge on any atom is -0.434 e. The zero-order chi connectivity index (χ0) is 32.0. The van der Waals surface area contributed by atoms with Crippen molar-refractivity contribution < 1.29 is 52.0 Å². The molecule has 11 heteroatoms. The molecule has 3 saturated carbocycles. The number of ketones is 2. The number of rotatable bonds is 9. The van der Waals surface area contributed by atoms with Gasteiger partial charge in [0.2, 0.25) is 5.78 Å². The average Bonchev–Trinajstić information content (AvgIpc) is 3.14. The summed E-state index contributed by atoms with van der Waals surface area (Å²) in [6, 6.07) is 0. The molecule has 0 bridgehead atoms. The highest BCUT2D eigenvalue weighted by Gasteiger charge is 2.78. The van der Waals surface area contributed by atoms with E-state index in [1.54, 1.807) is 27.7 Å². The molecule has 0 spiro atoms. The average molecular weight is 611 g/mol. The molecule has 0 unspecified atom stereocenters. The fraction of sp³-hybridized carbons (Fsp3) is 0.750. The Balaban J connectivity index is 1.74. The third-order valence-electron chi connectivity index (χ3n) is 10.4. The molecule has 9 atom stereocenters. The van der Waals surface area contributed by atoms with Crippen LogP contribution in [0.4, 0.5) is 18.4 Å². The lowest BCUT2D eigenvalue weighted by Gasteiger charge is -2.63. The van der Waals surface area contributed by atoms with Crippen LogP contribution in [0.1, 0.15) is 80.1 Å². The van der Waals surface area contributed by atoms with Crippen molar-refractivity contribution in [3.8, 4) is 0 Å². The van der Waals surface area contributed by atoms with E-state index in [0.717, 1.165) is 18.9 Å². The van der Waals surface area contributed by atoms with Crippen LogP contribution < -0.4 is 0 Å². The highest BCUT2D eigenvalue weighted by molar-refractivity contribution is 6.01. The molecule has 4 aliphatic carbocycles. The van der Waals surface area contributed by atoms with Gasteiger partial charge >= 0.3 is 12.3 Å². The topological polar surface area (TPSA) is 125 Å². The number of alkyl halides is 2. The first-order chi connectivity index (χ1) is 20.1. The number of hydrogen-bond acceptors (Lipinski definition) is 9. The van der Waals surface area contributed by atoms with E-state index in [4.69, 9.17) is 18.9 Å². The predicted molar refractivity (Wildman–Crippen MR) is 150 cm³/mol. The number of aliphatic hydroxyl groups excluding tert-OH is 1. The van der Waals surface area contributed by atoms with Gasteiger partial charge in [-0.25, -0.2) is 18.4 Å². The number of ether oxygens (including phenoxy) is 4. The second kappa shape index (κ2) is 11.9. The summed E-state index contributed by atoms with van der Waals surface area (Å²) < 4.78 is 54.7. The highest BCUT2D eigenvalue weighted by atomic mass is 19.1. The van der Waals surface area contributed by atoms with Crippen molar-refractivity contribution in [1.29, 1.82) is 0 Å². The first-order valence-corrected chi connectivity index (χ1v) is 15.3. The number of aliphatic hydroxyl groups is 1. The summed E-state index contributed by atoms with van der Waals surface area (Å²) in [4.78, 5) is 51.5. The summed E-state index contributed by atoms with van der Waals surface area (Å²) in [5.41, 5.74) is -7.37. The lowest BCUT2D eigenvalue weighted by molar-refractivity contribution is -0.226. The normalized spacial score (nSPS) is 39.7. The minimum absolute atomic E-state index is 0.0150. The summed E-state index contributed by atoms with van der Waals surface area (Å²) in [7, 11) is 0. The van der Waals surface area contributed by atoms with Crippen molar-refractivity contribution in [2.45, 2.75) is 110 Å². The van der Waals surface area contributed by atoms with Crippen molar-refractivity contribution in [3.63, 3.8) is 0 Å². The molecule has 0 aromatic carbocycles. The molecule has 1 N–H and O–H groups in total. The van der Waals surface area contributed by atoms with Crippen molar-refractivity contribution >= 4 is 23.9 Å². The summed E-state index contributed by atoms with van der Waals surface area (Å²) in [5.74, 6) is -3.77. The van der Waals surface area contributed by atoms with E-state index < -0.39 is 88.7 Å². The first kappa shape index (κ1) is 33.1. The van der Waals surface area contributed by atoms with E-state index in [1.807, 2.05) is 6.92 Å². The minimum atomic E-state index is -2.38. The largest absolute Gasteiger partial charge is 0.509 e. The number of allylic oxidation sites excluding steroid dienone is 4. The van der Waals surface area contributed by atoms with Crippen LogP contribution in [-0.2, 0) is 28.5 Å². The smallest absolute Gasteiger partial charge is 0.434 e. The standard InChI is InChI=1S/C32H44F2O9/c1-7-8-9-12-40-28(39)43-32(26(37)17-41-27(38)42-18(2)3)19(4)13-21-22-15-24(33)23-14-20(35)10-11-29(23,5)31(22,34)25(36)16-30(21,32)6/h10-11,14,18-19,21-22,24-25,36H,7-9,12-13,15-17H2,1-6H3/t19-,21+,22+,24+,25+,29+,30+,31+,32+/m1/s1. The maximum atomic E-state index is 17.6. The maximum Gasteiger partial charge on any atom is 0.509 e. The van der Waals surface area contributed by atoms with Crippen LogP contribution in [0.3, 0.4) is 0 Å². The second-order valence-corrected chi connectivity index (χ2v) is 13.3. The Kier molecular flexibility index (Phi) is 9.18. The van der Waals surface area contributed by atoms with Gasteiger partial charge in [-0.3, -0.25) is 9.59 Å². The monoisotopic (exact) mass is 610 g/mol. The molecule has 0 aliphatic heterocycles. The first-order valence-electron chi connectivity index (χ1n) is 15.3. The number of carbonyl (C=O) groups excluding carboxylic acids is 4. The van der Waals surface area contributed by atoms with Crippen LogP contribution in [0, 0.1) is 28.6 Å². The molecule has 0 radical (unpaired) electrons. The van der Waals surface area contributed by atoms with Gasteiger partial charge in [-0.1, -0.05) is 39.7 Å². The summed E-state index contributed by atoms with van der Waals surface area (Å²) >= 11 is 0. The van der Waals surface area contributed by atoms with Gasteiger partial charge in [0.15, 0.2) is 23.7 Å². The van der Waals surface area contributed by atoms with Crippen molar-refractivity contribution in [2.75, 3.05) is 13.2 Å². The van der Waals surface area contributed by atoms with Crippen LogP contribution in [0.2, 0.25) is 0 Å². The van der Waals surface area contributed by atoms with Gasteiger partial charge in [0, 0.05) is 22.7 Å². The number of fused-ring (bicyclic) bond motifs is 5. The summed E-state index contributed by atoms with van der Waals surface area (Å²) in [6.45, 7) is 9.27. The fourth-order valence-corrected chi connectivity index (χ4v) is 8.52. The summed E-state index contributed by atoms with van der Waals surface area (Å²) in [5, 5.41) is 11.7. The van der Waals surface area contributed by atoms with Crippen molar-refractivity contribution in [1.82, 2.24) is 0 Å². The van der Waals surface area contributed by atoms with Gasteiger partial charge in [-0.05, 0) is 70.1 Å². The van der Waals surface area contributed by atoms with Crippen LogP contribution in [0.5, 0.6) is 0 Å². The molecule has 0 amide bonds. The molecule has 0 aromatic rings. The maximum absolute atomic E-state index is 17.6. The van der Waals surface area contributed by atoms with Gasteiger partial charge in [-0.15, -0.1) is 0 Å². The Bertz CT molecular complexity index is 1200. The molecular weight excluding hydrogens is 566 g/mol. The van der Waals surface area contributed by atoms with E-state index in [2.05, 4.69) is 0 Å². The zero-order valence-corrected chi connectivity index (χ0v) is 25.8. The van der Waals surface area contributed by atoms with Crippen LogP contribution in [0.25, 0.3) is 0 Å². The highest BCUT2D eigenvalue weighted by Crippen LogP contribution is 2.71. The Morgan fingerprint density at radius 3 is 2.44 bits per heavy atom.